The van der Waals surface area contributed by atoms with Gasteiger partial charge in [0.25, 0.3) is 0 Å². The molecule has 1 N–H and O–H groups in total. The van der Waals surface area contributed by atoms with Crippen molar-refractivity contribution in [2.24, 2.45) is 0 Å². The SMILES string of the molecule is CCN(CC)c1ccc(NCCCC#N)cc1. The lowest BCUT2D eigenvalue weighted by Gasteiger charge is -2.21. The minimum Gasteiger partial charge on any atom is -0.385 e. The molecular weight excluding hydrogens is 210 g/mol. The molecule has 0 saturated carbocycles. The summed E-state index contributed by atoms with van der Waals surface area (Å²) in [6.07, 6.45) is 1.51. The van der Waals surface area contributed by atoms with Gasteiger partial charge in [-0.3, -0.25) is 0 Å². The second-order valence-corrected chi connectivity index (χ2v) is 3.91. The maximum atomic E-state index is 8.43. The highest BCUT2D eigenvalue weighted by Gasteiger charge is 2.00. The lowest BCUT2D eigenvalue weighted by Crippen LogP contribution is -2.21. The minimum absolute atomic E-state index is 0.616. The number of hydrogen-bond donors (Lipinski definition) is 1. The third-order valence-corrected chi connectivity index (χ3v) is 2.79. The van der Waals surface area contributed by atoms with Gasteiger partial charge in [-0.25, -0.2) is 0 Å². The molecule has 3 heteroatoms. The molecule has 0 radical (unpaired) electrons. The summed E-state index contributed by atoms with van der Waals surface area (Å²) in [5, 5.41) is 11.7. The van der Waals surface area contributed by atoms with Crippen molar-refractivity contribution in [3.8, 4) is 6.07 Å². The smallest absolute Gasteiger partial charge is 0.0622 e. The van der Waals surface area contributed by atoms with Crippen LogP contribution in [0.1, 0.15) is 26.7 Å². The zero-order valence-electron chi connectivity index (χ0n) is 10.7. The summed E-state index contributed by atoms with van der Waals surface area (Å²) >= 11 is 0. The summed E-state index contributed by atoms with van der Waals surface area (Å²) in [5.74, 6) is 0. The Morgan fingerprint density at radius 3 is 2.35 bits per heavy atom. The summed E-state index contributed by atoms with van der Waals surface area (Å²) in [5.41, 5.74) is 2.39. The van der Waals surface area contributed by atoms with E-state index in [-0.39, 0.29) is 0 Å². The molecular formula is C14H21N3. The zero-order chi connectivity index (χ0) is 12.5. The number of anilines is 2. The first-order chi connectivity index (χ1) is 8.31. The summed E-state index contributed by atoms with van der Waals surface area (Å²) in [7, 11) is 0. The Bertz CT molecular complexity index is 347. The Morgan fingerprint density at radius 1 is 1.18 bits per heavy atom. The van der Waals surface area contributed by atoms with Gasteiger partial charge in [0.15, 0.2) is 0 Å². The molecule has 0 aliphatic carbocycles. The average Bonchev–Trinajstić information content (AvgIpc) is 2.38. The minimum atomic E-state index is 0.616. The second-order valence-electron chi connectivity index (χ2n) is 3.91. The van der Waals surface area contributed by atoms with E-state index < -0.39 is 0 Å². The van der Waals surface area contributed by atoms with Gasteiger partial charge in [-0.2, -0.15) is 5.26 Å². The van der Waals surface area contributed by atoms with Crippen LogP contribution < -0.4 is 10.2 Å². The first-order valence-corrected chi connectivity index (χ1v) is 6.27. The topological polar surface area (TPSA) is 39.1 Å². The van der Waals surface area contributed by atoms with E-state index >= 15 is 0 Å². The molecule has 0 aliphatic heterocycles. The molecule has 17 heavy (non-hydrogen) atoms. The van der Waals surface area contributed by atoms with Crippen LogP contribution in [0.4, 0.5) is 11.4 Å². The third kappa shape index (κ3) is 4.36. The van der Waals surface area contributed by atoms with Crippen LogP contribution in [-0.2, 0) is 0 Å². The maximum absolute atomic E-state index is 8.43. The highest BCUT2D eigenvalue weighted by Crippen LogP contribution is 2.17. The van der Waals surface area contributed by atoms with Crippen molar-refractivity contribution in [3.05, 3.63) is 24.3 Å². The molecule has 0 aliphatic rings. The van der Waals surface area contributed by atoms with E-state index in [0.29, 0.717) is 6.42 Å². The summed E-state index contributed by atoms with van der Waals surface area (Å²) in [6.45, 7) is 7.25. The number of nitriles is 1. The number of hydrogen-bond acceptors (Lipinski definition) is 3. The number of nitrogens with zero attached hydrogens (tertiary/aromatic N) is 2. The summed E-state index contributed by atoms with van der Waals surface area (Å²) < 4.78 is 0. The van der Waals surface area contributed by atoms with Crippen molar-refractivity contribution in [1.82, 2.24) is 0 Å². The van der Waals surface area contributed by atoms with E-state index in [9.17, 15) is 0 Å². The molecule has 0 saturated heterocycles. The van der Waals surface area contributed by atoms with Gasteiger partial charge in [0.2, 0.25) is 0 Å². The first kappa shape index (κ1) is 13.4. The molecule has 92 valence electrons. The Morgan fingerprint density at radius 2 is 1.82 bits per heavy atom. The average molecular weight is 231 g/mol. The number of nitrogens with one attached hydrogen (secondary N) is 1. The summed E-state index contributed by atoms with van der Waals surface area (Å²) in [4.78, 5) is 2.32. The second kappa shape index (κ2) is 7.56. The molecule has 0 unspecified atom stereocenters. The van der Waals surface area contributed by atoms with Gasteiger partial charge in [0.1, 0.15) is 0 Å². The largest absolute Gasteiger partial charge is 0.385 e. The van der Waals surface area contributed by atoms with Gasteiger partial charge >= 0.3 is 0 Å². The van der Waals surface area contributed by atoms with Crippen LogP contribution >= 0.6 is 0 Å². The molecule has 0 fully saturated rings. The number of benzene rings is 1. The molecule has 1 rings (SSSR count). The van der Waals surface area contributed by atoms with Crippen molar-refractivity contribution in [3.63, 3.8) is 0 Å². The normalized spacial score (nSPS) is 9.71. The first-order valence-electron chi connectivity index (χ1n) is 6.27. The van der Waals surface area contributed by atoms with Crippen LogP contribution in [0, 0.1) is 11.3 Å². The molecule has 0 amide bonds. The van der Waals surface area contributed by atoms with Gasteiger partial charge in [0.05, 0.1) is 6.07 Å². The molecule has 0 bridgehead atoms. The van der Waals surface area contributed by atoms with E-state index in [4.69, 9.17) is 5.26 Å². The van der Waals surface area contributed by atoms with Crippen LogP contribution in [0.3, 0.4) is 0 Å². The fourth-order valence-electron chi connectivity index (χ4n) is 1.78. The highest BCUT2D eigenvalue weighted by molar-refractivity contribution is 5.54. The van der Waals surface area contributed by atoms with E-state index in [1.807, 2.05) is 0 Å². The molecule has 3 nitrogen and oxygen atoms in total. The highest BCUT2D eigenvalue weighted by atomic mass is 15.1. The van der Waals surface area contributed by atoms with Gasteiger partial charge in [-0.05, 0) is 44.5 Å². The monoisotopic (exact) mass is 231 g/mol. The third-order valence-electron chi connectivity index (χ3n) is 2.79. The van der Waals surface area contributed by atoms with Crippen LogP contribution in [0.2, 0.25) is 0 Å². The number of rotatable bonds is 7. The van der Waals surface area contributed by atoms with E-state index in [0.717, 1.165) is 31.7 Å². The Balaban J connectivity index is 2.47. The Labute approximate surface area is 104 Å². The van der Waals surface area contributed by atoms with E-state index in [1.165, 1.54) is 5.69 Å². The van der Waals surface area contributed by atoms with E-state index in [2.05, 4.69) is 54.4 Å². The molecule has 0 atom stereocenters. The summed E-state index contributed by atoms with van der Waals surface area (Å²) in [6, 6.07) is 10.6. The molecule has 1 aromatic carbocycles. The fraction of sp³-hybridized carbons (Fsp3) is 0.500. The quantitative estimate of drug-likeness (QED) is 0.732. The standard InChI is InChI=1S/C14H21N3/c1-3-17(4-2)14-9-7-13(8-10-14)16-12-6-5-11-15/h7-10,16H,3-6,12H2,1-2H3. The van der Waals surface area contributed by atoms with Gasteiger partial charge < -0.3 is 10.2 Å². The fourth-order valence-corrected chi connectivity index (χ4v) is 1.78. The van der Waals surface area contributed by atoms with Crippen molar-refractivity contribution < 1.29 is 0 Å². The lowest BCUT2D eigenvalue weighted by molar-refractivity contribution is 0.866. The zero-order valence-corrected chi connectivity index (χ0v) is 10.7. The van der Waals surface area contributed by atoms with Crippen LogP contribution in [-0.4, -0.2) is 19.6 Å². The van der Waals surface area contributed by atoms with Crippen LogP contribution in [0.5, 0.6) is 0 Å². The van der Waals surface area contributed by atoms with Crippen molar-refractivity contribution in [2.75, 3.05) is 29.9 Å². The van der Waals surface area contributed by atoms with Crippen molar-refractivity contribution in [1.29, 1.82) is 5.26 Å². The van der Waals surface area contributed by atoms with Crippen LogP contribution in [0.25, 0.3) is 0 Å². The molecule has 0 spiro atoms. The molecule has 0 aromatic heterocycles. The van der Waals surface area contributed by atoms with Crippen molar-refractivity contribution >= 4 is 11.4 Å². The maximum Gasteiger partial charge on any atom is 0.0622 e. The van der Waals surface area contributed by atoms with Crippen LogP contribution in [0.15, 0.2) is 24.3 Å². The van der Waals surface area contributed by atoms with Gasteiger partial charge in [-0.15, -0.1) is 0 Å². The predicted octanol–water partition coefficient (Wildman–Crippen LogP) is 3.25. The molecule has 0 heterocycles. The van der Waals surface area contributed by atoms with E-state index in [1.54, 1.807) is 0 Å². The van der Waals surface area contributed by atoms with Gasteiger partial charge in [0, 0.05) is 37.4 Å². The van der Waals surface area contributed by atoms with Crippen molar-refractivity contribution in [2.45, 2.75) is 26.7 Å². The molecule has 1 aromatic rings. The predicted molar refractivity (Wildman–Crippen MR) is 73.3 cm³/mol. The number of unbranched alkanes of at least 4 members (excludes halogenated alkanes) is 1. The Kier molecular flexibility index (Phi) is 5.95. The Hall–Kier alpha value is -1.69. The van der Waals surface area contributed by atoms with Gasteiger partial charge in [-0.1, -0.05) is 0 Å². The lowest BCUT2D eigenvalue weighted by atomic mass is 10.2.